The Hall–Kier alpha value is -1.80. The van der Waals surface area contributed by atoms with Gasteiger partial charge in [-0.15, -0.1) is 0 Å². The van der Waals surface area contributed by atoms with E-state index in [1.165, 1.54) is 96.7 Å². The van der Waals surface area contributed by atoms with Gasteiger partial charge in [0, 0.05) is 32.4 Å². The second kappa shape index (κ2) is 14.6. The molecule has 2 heteroatoms. The summed E-state index contributed by atoms with van der Waals surface area (Å²) >= 11 is 0. The fourth-order valence-corrected chi connectivity index (χ4v) is 6.24. The Labute approximate surface area is 209 Å². The number of hydrogen-bond acceptors (Lipinski definition) is 2. The molecule has 3 atom stereocenters. The Morgan fingerprint density at radius 2 is 1.35 bits per heavy atom. The summed E-state index contributed by atoms with van der Waals surface area (Å²) in [5, 5.41) is 0. The summed E-state index contributed by atoms with van der Waals surface area (Å²) in [6, 6.07) is 0. The number of rotatable bonds is 0. The monoisotopic (exact) mass is 460 g/mol. The van der Waals surface area contributed by atoms with Gasteiger partial charge in [-0.05, 0) is 93.7 Å². The molecule has 6 bridgehead atoms. The van der Waals surface area contributed by atoms with E-state index in [0.29, 0.717) is 0 Å². The van der Waals surface area contributed by atoms with Gasteiger partial charge in [-0.1, -0.05) is 73.9 Å². The Kier molecular flexibility index (Phi) is 10.8. The van der Waals surface area contributed by atoms with E-state index >= 15 is 0 Å². The largest absolute Gasteiger partial charge is 0.373 e. The first-order valence-electron chi connectivity index (χ1n) is 14.4. The molecular formula is C32H48N2. The molecule has 2 nitrogen and oxygen atoms in total. The van der Waals surface area contributed by atoms with Crippen molar-refractivity contribution in [3.8, 4) is 0 Å². The minimum atomic E-state index is 0.781. The van der Waals surface area contributed by atoms with Crippen LogP contribution in [0.4, 0.5) is 0 Å². The molecule has 34 heavy (non-hydrogen) atoms. The molecule has 0 aromatic carbocycles. The van der Waals surface area contributed by atoms with E-state index in [-0.39, 0.29) is 0 Å². The Morgan fingerprint density at radius 3 is 2.18 bits per heavy atom. The fraction of sp³-hybridized carbons (Fsp3) is 0.625. The lowest BCUT2D eigenvalue weighted by Crippen LogP contribution is -2.43. The van der Waals surface area contributed by atoms with Gasteiger partial charge in [0.05, 0.1) is 0 Å². The summed E-state index contributed by atoms with van der Waals surface area (Å²) in [6.45, 7) is 6.09. The van der Waals surface area contributed by atoms with Gasteiger partial charge in [-0.25, -0.2) is 0 Å². The van der Waals surface area contributed by atoms with Gasteiger partial charge < -0.3 is 9.80 Å². The molecule has 0 amide bonds. The highest BCUT2D eigenvalue weighted by Gasteiger charge is 2.32. The van der Waals surface area contributed by atoms with Crippen LogP contribution >= 0.6 is 0 Å². The summed E-state index contributed by atoms with van der Waals surface area (Å²) in [6.07, 6.45) is 40.6. The first kappa shape index (κ1) is 25.3. The van der Waals surface area contributed by atoms with Crippen LogP contribution in [0.2, 0.25) is 0 Å². The van der Waals surface area contributed by atoms with Crippen LogP contribution in [-0.2, 0) is 0 Å². The van der Waals surface area contributed by atoms with Gasteiger partial charge in [-0.3, -0.25) is 0 Å². The smallest absolute Gasteiger partial charge is 0.0389 e. The van der Waals surface area contributed by atoms with Crippen LogP contribution in [-0.4, -0.2) is 42.5 Å². The third-order valence-electron chi connectivity index (χ3n) is 8.14. The van der Waals surface area contributed by atoms with Gasteiger partial charge in [0.2, 0.25) is 0 Å². The molecular weight excluding hydrogens is 412 g/mol. The molecule has 0 spiro atoms. The first-order valence-corrected chi connectivity index (χ1v) is 14.4. The second-order valence-corrected chi connectivity index (χ2v) is 10.9. The van der Waals surface area contributed by atoms with Crippen molar-refractivity contribution < 1.29 is 0 Å². The summed E-state index contributed by atoms with van der Waals surface area (Å²) in [4.78, 5) is 5.40. The Balaban J connectivity index is 1.55. The summed E-state index contributed by atoms with van der Waals surface area (Å²) in [7, 11) is 0. The van der Waals surface area contributed by atoms with Crippen LogP contribution in [0.5, 0.6) is 0 Å². The lowest BCUT2D eigenvalue weighted by Gasteiger charge is -2.42. The Morgan fingerprint density at radius 1 is 0.647 bits per heavy atom. The normalized spacial score (nSPS) is 31.1. The van der Waals surface area contributed by atoms with E-state index < -0.39 is 0 Å². The molecule has 0 saturated carbocycles. The van der Waals surface area contributed by atoms with Gasteiger partial charge in [0.15, 0.2) is 0 Å². The number of piperidine rings is 1. The average molecular weight is 461 g/mol. The van der Waals surface area contributed by atoms with Gasteiger partial charge in [0.25, 0.3) is 0 Å². The molecule has 5 aliphatic rings. The van der Waals surface area contributed by atoms with Crippen molar-refractivity contribution in [3.05, 3.63) is 72.0 Å². The van der Waals surface area contributed by atoms with Crippen molar-refractivity contribution in [1.29, 1.82) is 0 Å². The molecule has 0 aromatic heterocycles. The van der Waals surface area contributed by atoms with Crippen molar-refractivity contribution in [2.24, 2.45) is 11.8 Å². The zero-order valence-electron chi connectivity index (χ0n) is 21.6. The maximum atomic E-state index is 2.77. The molecule has 0 radical (unpaired) electrons. The quantitative estimate of drug-likeness (QED) is 0.361. The SMILES string of the molecule is C1=CCCCCCC[C@@H]2CN3CC/C=C\C=CCCCCC4=CN(CCC=C1)CC(=C4)[C@@H]2CC3. The minimum absolute atomic E-state index is 0.781. The second-order valence-electron chi connectivity index (χ2n) is 10.9. The van der Waals surface area contributed by atoms with E-state index in [2.05, 4.69) is 70.7 Å². The van der Waals surface area contributed by atoms with E-state index in [0.717, 1.165) is 31.3 Å². The standard InChI is InChI=1S/C32H48N2/c1-2-5-10-14-18-23-34-26-29-19-15-11-7-4-6-9-13-17-22-33-24-21-32(31(25-29)28-34)30(27-33)20-16-12-8-3-1/h2,4-6,9-10,13-14,25-26,30,32H,1,3,7-8,11-12,15-24,27-28H2/b5-2?,6-4?,13-9-,14-10?/t30-,32-/m1/s1. The van der Waals surface area contributed by atoms with Crippen LogP contribution in [0.3, 0.4) is 0 Å². The summed E-state index contributed by atoms with van der Waals surface area (Å²) < 4.78 is 0. The maximum Gasteiger partial charge on any atom is 0.0389 e. The highest BCUT2D eigenvalue weighted by atomic mass is 15.1. The maximum absolute atomic E-state index is 2.77. The lowest BCUT2D eigenvalue weighted by atomic mass is 9.76. The molecule has 1 saturated heterocycles. The highest BCUT2D eigenvalue weighted by molar-refractivity contribution is 5.31. The zero-order valence-corrected chi connectivity index (χ0v) is 21.6. The van der Waals surface area contributed by atoms with Crippen LogP contribution in [0, 0.1) is 11.8 Å². The molecule has 5 rings (SSSR count). The topological polar surface area (TPSA) is 6.48 Å². The summed E-state index contributed by atoms with van der Waals surface area (Å²) in [5.41, 5.74) is 3.33. The summed E-state index contributed by atoms with van der Waals surface area (Å²) in [5.74, 6) is 1.61. The fourth-order valence-electron chi connectivity index (χ4n) is 6.24. The number of allylic oxidation sites excluding steroid dienone is 8. The van der Waals surface area contributed by atoms with Gasteiger partial charge >= 0.3 is 0 Å². The highest BCUT2D eigenvalue weighted by Crippen LogP contribution is 2.36. The molecule has 0 N–H and O–H groups in total. The molecule has 0 aromatic rings. The van der Waals surface area contributed by atoms with Crippen molar-refractivity contribution in [3.63, 3.8) is 0 Å². The third-order valence-corrected chi connectivity index (χ3v) is 8.14. The first-order chi connectivity index (χ1) is 16.9. The Bertz CT molecular complexity index is 781. The van der Waals surface area contributed by atoms with Crippen LogP contribution in [0.15, 0.2) is 72.0 Å². The van der Waals surface area contributed by atoms with Crippen molar-refractivity contribution in [1.82, 2.24) is 9.80 Å². The minimum Gasteiger partial charge on any atom is -0.373 e. The third kappa shape index (κ3) is 8.45. The van der Waals surface area contributed by atoms with Crippen molar-refractivity contribution in [2.45, 2.75) is 83.5 Å². The van der Waals surface area contributed by atoms with E-state index in [9.17, 15) is 0 Å². The van der Waals surface area contributed by atoms with Crippen molar-refractivity contribution in [2.75, 3.05) is 32.7 Å². The molecule has 1 unspecified atom stereocenters. The van der Waals surface area contributed by atoms with Crippen LogP contribution in [0.1, 0.15) is 83.5 Å². The van der Waals surface area contributed by atoms with E-state index in [4.69, 9.17) is 0 Å². The molecule has 5 heterocycles. The number of hydrogen-bond donors (Lipinski definition) is 0. The lowest BCUT2D eigenvalue weighted by molar-refractivity contribution is 0.125. The van der Waals surface area contributed by atoms with Crippen LogP contribution < -0.4 is 0 Å². The predicted molar refractivity (Wildman–Crippen MR) is 148 cm³/mol. The average Bonchev–Trinajstić information content (AvgIpc) is 2.85. The van der Waals surface area contributed by atoms with Gasteiger partial charge in [-0.2, -0.15) is 0 Å². The molecule has 186 valence electrons. The number of nitrogens with zero attached hydrogens (tertiary/aromatic N) is 2. The predicted octanol–water partition coefficient (Wildman–Crippen LogP) is 7.98. The van der Waals surface area contributed by atoms with E-state index in [1.807, 2.05) is 0 Å². The van der Waals surface area contributed by atoms with Gasteiger partial charge in [0.1, 0.15) is 0 Å². The van der Waals surface area contributed by atoms with Crippen molar-refractivity contribution >= 4 is 0 Å². The molecule has 0 aliphatic carbocycles. The van der Waals surface area contributed by atoms with Crippen LogP contribution in [0.25, 0.3) is 0 Å². The number of fused-ring (bicyclic) bond motifs is 9. The van der Waals surface area contributed by atoms with E-state index in [1.54, 1.807) is 11.1 Å². The molecule has 1 fully saturated rings. The zero-order chi connectivity index (χ0) is 23.3. The molecule has 5 aliphatic heterocycles.